The van der Waals surface area contributed by atoms with E-state index in [-0.39, 0.29) is 0 Å². The van der Waals surface area contributed by atoms with Crippen molar-refractivity contribution in [3.8, 4) is 0 Å². The summed E-state index contributed by atoms with van der Waals surface area (Å²) in [6.07, 6.45) is 0. The number of rotatable bonds is 3. The van der Waals surface area contributed by atoms with Crippen molar-refractivity contribution in [2.45, 2.75) is 0 Å². The molecule has 24 heavy (non-hydrogen) atoms. The molecule has 1 saturated heterocycles. The second-order valence-electron chi connectivity index (χ2n) is 5.48. The zero-order valence-corrected chi connectivity index (χ0v) is 13.2. The Labute approximate surface area is 143 Å². The number of hydrogen-bond acceptors (Lipinski definition) is 4. The minimum atomic E-state index is 1.06. The lowest BCUT2D eigenvalue weighted by Crippen LogP contribution is -2.67. The van der Waals surface area contributed by atoms with E-state index in [4.69, 9.17) is 0 Å². The van der Waals surface area contributed by atoms with E-state index in [2.05, 4.69) is 46.7 Å². The first-order chi connectivity index (χ1) is 11.9. The van der Waals surface area contributed by atoms with E-state index in [9.17, 15) is 0 Å². The van der Waals surface area contributed by atoms with Crippen molar-refractivity contribution in [3.05, 3.63) is 91.0 Å². The number of anilines is 3. The molecule has 3 aromatic rings. The van der Waals surface area contributed by atoms with Crippen molar-refractivity contribution in [3.63, 3.8) is 0 Å². The molecule has 0 saturated carbocycles. The van der Waals surface area contributed by atoms with Gasteiger partial charge in [-0.05, 0) is 36.4 Å². The number of hydrogen-bond donors (Lipinski definition) is 1. The number of para-hydroxylation sites is 3. The molecule has 0 spiro atoms. The summed E-state index contributed by atoms with van der Waals surface area (Å²) in [5.74, 6) is 0. The first kappa shape index (κ1) is 14.7. The molecule has 1 aliphatic heterocycles. The topological polar surface area (TPSA) is 21.8 Å². The van der Waals surface area contributed by atoms with E-state index in [0.29, 0.717) is 0 Å². The largest absolute Gasteiger partial charge is 0.427 e. The van der Waals surface area contributed by atoms with Crippen molar-refractivity contribution in [2.24, 2.45) is 0 Å². The van der Waals surface area contributed by atoms with Gasteiger partial charge in [0.2, 0.25) is 0 Å². The van der Waals surface area contributed by atoms with E-state index in [1.54, 1.807) is 0 Å². The monoisotopic (exact) mass is 310 g/mol. The van der Waals surface area contributed by atoms with Crippen LogP contribution in [-0.4, -0.2) is 15.1 Å². The molecule has 0 atom stereocenters. The Morgan fingerprint density at radius 3 is 1.29 bits per heavy atom. The molecular weight excluding hydrogens is 294 g/mol. The van der Waals surface area contributed by atoms with Gasteiger partial charge in [0.05, 0.1) is 0 Å². The van der Waals surface area contributed by atoms with Crippen molar-refractivity contribution in [1.82, 2.24) is 5.53 Å². The first-order valence-corrected chi connectivity index (χ1v) is 7.88. The zero-order chi connectivity index (χ0) is 16.2. The highest BCUT2D eigenvalue weighted by Gasteiger charge is 2.28. The van der Waals surface area contributed by atoms with Crippen molar-refractivity contribution < 1.29 is 0 Å². The highest BCUT2D eigenvalue weighted by Crippen LogP contribution is 2.21. The maximum absolute atomic E-state index is 3.40. The van der Waals surface area contributed by atoms with Crippen LogP contribution in [0.1, 0.15) is 0 Å². The first-order valence-electron chi connectivity index (χ1n) is 7.88. The number of benzene rings is 3. The molecule has 0 bridgehead atoms. The van der Waals surface area contributed by atoms with Gasteiger partial charge in [-0.2, -0.15) is 5.53 Å². The van der Waals surface area contributed by atoms with Gasteiger partial charge in [-0.15, -0.1) is 0 Å². The molecule has 1 fully saturated rings. The Morgan fingerprint density at radius 2 is 0.875 bits per heavy atom. The van der Waals surface area contributed by atoms with E-state index >= 15 is 0 Å². The van der Waals surface area contributed by atoms with E-state index in [1.807, 2.05) is 79.5 Å². The van der Waals surface area contributed by atoms with Crippen LogP contribution in [0.5, 0.6) is 0 Å². The van der Waals surface area contributed by atoms with Gasteiger partial charge in [0.1, 0.15) is 0 Å². The lowest BCUT2D eigenvalue weighted by atomic mass is 9.88. The third kappa shape index (κ3) is 3.09. The standard InChI is InChI=1S/C18H16B2N4/c1-4-10-16(11-5-1)22-19-23(17-12-6-2-7-13-17)21-24(20-22)18-14-8-3-9-15-18/h1-15,21H. The summed E-state index contributed by atoms with van der Waals surface area (Å²) in [4.78, 5) is 4.00. The Kier molecular flexibility index (Phi) is 4.13. The van der Waals surface area contributed by atoms with E-state index in [0.717, 1.165) is 17.1 Å². The Morgan fingerprint density at radius 1 is 0.500 bits per heavy atom. The quantitative estimate of drug-likeness (QED) is 0.751. The van der Waals surface area contributed by atoms with Gasteiger partial charge in [0.15, 0.2) is 0 Å². The average molecular weight is 310 g/mol. The van der Waals surface area contributed by atoms with Crippen LogP contribution in [0.2, 0.25) is 0 Å². The van der Waals surface area contributed by atoms with E-state index < -0.39 is 0 Å². The molecule has 114 valence electrons. The minimum absolute atomic E-state index is 1.06. The molecule has 4 rings (SSSR count). The Balaban J connectivity index is 1.66. The summed E-state index contributed by atoms with van der Waals surface area (Å²) in [5.41, 5.74) is 6.62. The summed E-state index contributed by atoms with van der Waals surface area (Å²) >= 11 is 0. The third-order valence-corrected chi connectivity index (χ3v) is 3.82. The predicted molar refractivity (Wildman–Crippen MR) is 101 cm³/mol. The second kappa shape index (κ2) is 6.72. The lowest BCUT2D eigenvalue weighted by molar-refractivity contribution is 0.767. The number of hydrazine groups is 2. The third-order valence-electron chi connectivity index (χ3n) is 3.82. The van der Waals surface area contributed by atoms with Gasteiger partial charge < -0.3 is 14.6 Å². The number of nitrogens with zero attached hydrogens (tertiary/aromatic N) is 3. The van der Waals surface area contributed by atoms with Crippen LogP contribution < -0.4 is 20.1 Å². The van der Waals surface area contributed by atoms with Gasteiger partial charge in [-0.1, -0.05) is 54.6 Å². The van der Waals surface area contributed by atoms with Crippen LogP contribution in [0.3, 0.4) is 0 Å². The Hall–Kier alpha value is -2.85. The normalized spacial score (nSPS) is 14.1. The summed E-state index contributed by atoms with van der Waals surface area (Å²) in [6, 6.07) is 30.7. The molecule has 4 nitrogen and oxygen atoms in total. The van der Waals surface area contributed by atoms with Crippen molar-refractivity contribution in [2.75, 3.05) is 14.6 Å². The van der Waals surface area contributed by atoms with Gasteiger partial charge in [0, 0.05) is 17.1 Å². The van der Waals surface area contributed by atoms with Crippen molar-refractivity contribution >= 4 is 32.2 Å². The van der Waals surface area contributed by atoms with Gasteiger partial charge >= 0.3 is 15.1 Å². The summed E-state index contributed by atoms with van der Waals surface area (Å²) in [7, 11) is 4.06. The fraction of sp³-hybridized carbons (Fsp3) is 0. The molecular formula is C18H16B2N4. The summed E-state index contributed by atoms with van der Waals surface area (Å²) < 4.78 is 2.09. The van der Waals surface area contributed by atoms with E-state index in [1.165, 1.54) is 0 Å². The SMILES string of the molecule is [B]1N(c2ccccc2)[B]N(c2ccccc2)NN1c1ccccc1. The van der Waals surface area contributed by atoms with Gasteiger partial charge in [-0.3, -0.25) is 0 Å². The molecule has 0 amide bonds. The van der Waals surface area contributed by atoms with Gasteiger partial charge in [0.25, 0.3) is 0 Å². The zero-order valence-electron chi connectivity index (χ0n) is 13.2. The maximum atomic E-state index is 3.40. The average Bonchev–Trinajstić information content (AvgIpc) is 2.70. The molecule has 1 N–H and O–H groups in total. The Bertz CT molecular complexity index is 657. The van der Waals surface area contributed by atoms with Crippen LogP contribution in [0.4, 0.5) is 17.1 Å². The van der Waals surface area contributed by atoms with Crippen LogP contribution in [-0.2, 0) is 0 Å². The van der Waals surface area contributed by atoms with Crippen LogP contribution in [0.15, 0.2) is 91.0 Å². The molecule has 0 aromatic heterocycles. The number of nitrogens with one attached hydrogen (secondary N) is 1. The maximum Gasteiger partial charge on any atom is 0.396 e. The van der Waals surface area contributed by atoms with Crippen LogP contribution in [0.25, 0.3) is 0 Å². The smallest absolute Gasteiger partial charge is 0.396 e. The van der Waals surface area contributed by atoms with Crippen molar-refractivity contribution in [1.29, 1.82) is 0 Å². The summed E-state index contributed by atoms with van der Waals surface area (Å²) in [5, 5.41) is 0. The molecule has 1 heterocycles. The minimum Gasteiger partial charge on any atom is -0.427 e. The molecule has 3 aromatic carbocycles. The molecule has 0 unspecified atom stereocenters. The highest BCUT2D eigenvalue weighted by atomic mass is 15.7. The second-order valence-corrected chi connectivity index (χ2v) is 5.48. The molecule has 6 heteroatoms. The summed E-state index contributed by atoms with van der Waals surface area (Å²) in [6.45, 7) is 0. The highest BCUT2D eigenvalue weighted by molar-refractivity contribution is 6.68. The molecule has 0 aliphatic carbocycles. The van der Waals surface area contributed by atoms with Crippen LogP contribution in [0, 0.1) is 0 Å². The molecule has 1 aliphatic rings. The lowest BCUT2D eigenvalue weighted by Gasteiger charge is -2.43. The molecule has 2 radical (unpaired) electrons. The van der Waals surface area contributed by atoms with Gasteiger partial charge in [-0.25, -0.2) is 0 Å². The predicted octanol–water partition coefficient (Wildman–Crippen LogP) is 3.01. The fourth-order valence-corrected chi connectivity index (χ4v) is 2.61. The van der Waals surface area contributed by atoms with Crippen LogP contribution >= 0.6 is 0 Å². The fourth-order valence-electron chi connectivity index (χ4n) is 2.61.